The van der Waals surface area contributed by atoms with Gasteiger partial charge >= 0.3 is 0 Å². The van der Waals surface area contributed by atoms with Crippen molar-refractivity contribution in [2.75, 3.05) is 7.11 Å². The summed E-state index contributed by atoms with van der Waals surface area (Å²) < 4.78 is 6.68. The molecule has 0 spiro atoms. The monoisotopic (exact) mass is 220 g/mol. The Labute approximate surface area is 92.5 Å². The predicted molar refractivity (Wildman–Crippen MR) is 55.9 cm³/mol. The summed E-state index contributed by atoms with van der Waals surface area (Å²) in [5.41, 5.74) is 1.08. The first-order valence-corrected chi connectivity index (χ1v) is 4.74. The first kappa shape index (κ1) is 10.6. The van der Waals surface area contributed by atoms with Crippen LogP contribution in [0.3, 0.4) is 0 Å². The van der Waals surface area contributed by atoms with Crippen molar-refractivity contribution in [2.24, 2.45) is 7.05 Å². The van der Waals surface area contributed by atoms with Crippen LogP contribution < -0.4 is 4.74 Å². The molecule has 6 nitrogen and oxygen atoms in total. The molecular weight excluding hydrogens is 208 g/mol. The maximum Gasteiger partial charge on any atom is 0.163 e. The maximum absolute atomic E-state index is 10.1. The first-order valence-electron chi connectivity index (χ1n) is 4.74. The van der Waals surface area contributed by atoms with Crippen LogP contribution in [0, 0.1) is 0 Å². The summed E-state index contributed by atoms with van der Waals surface area (Å²) in [6.45, 7) is 0. The van der Waals surface area contributed by atoms with Crippen molar-refractivity contribution in [3.05, 3.63) is 36.2 Å². The highest BCUT2D eigenvalue weighted by molar-refractivity contribution is 5.31. The molecule has 0 radical (unpaired) electrons. The van der Waals surface area contributed by atoms with E-state index in [2.05, 4.69) is 15.1 Å². The van der Waals surface area contributed by atoms with E-state index in [-0.39, 0.29) is 0 Å². The molecule has 0 aliphatic heterocycles. The topological polar surface area (TPSA) is 73.1 Å². The Balaban J connectivity index is 2.41. The first-order chi connectivity index (χ1) is 7.74. The number of hydrogen-bond donors (Lipinski definition) is 1. The zero-order chi connectivity index (χ0) is 11.5. The van der Waals surface area contributed by atoms with Gasteiger partial charge in [-0.15, -0.1) is 0 Å². The zero-order valence-corrected chi connectivity index (χ0v) is 9.03. The van der Waals surface area contributed by atoms with Crippen LogP contribution >= 0.6 is 0 Å². The highest BCUT2D eigenvalue weighted by Crippen LogP contribution is 2.27. The largest absolute Gasteiger partial charge is 0.493 e. The van der Waals surface area contributed by atoms with Crippen molar-refractivity contribution in [3.8, 4) is 5.75 Å². The van der Waals surface area contributed by atoms with E-state index in [1.807, 2.05) is 0 Å². The van der Waals surface area contributed by atoms with Gasteiger partial charge in [0, 0.05) is 13.2 Å². The van der Waals surface area contributed by atoms with Gasteiger partial charge < -0.3 is 9.84 Å². The summed E-state index contributed by atoms with van der Waals surface area (Å²) in [6.07, 6.45) is 3.65. The van der Waals surface area contributed by atoms with Crippen molar-refractivity contribution in [1.82, 2.24) is 19.7 Å². The average Bonchev–Trinajstić information content (AvgIpc) is 2.70. The summed E-state index contributed by atoms with van der Waals surface area (Å²) >= 11 is 0. The van der Waals surface area contributed by atoms with E-state index in [1.54, 1.807) is 30.2 Å². The minimum Gasteiger partial charge on any atom is -0.493 e. The van der Waals surface area contributed by atoms with Crippen molar-refractivity contribution in [3.63, 3.8) is 0 Å². The molecule has 2 aromatic heterocycles. The Morgan fingerprint density at radius 3 is 2.94 bits per heavy atom. The van der Waals surface area contributed by atoms with E-state index in [1.165, 1.54) is 13.4 Å². The summed E-state index contributed by atoms with van der Waals surface area (Å²) in [6, 6.07) is 1.65. The molecule has 2 heterocycles. The molecule has 0 saturated carbocycles. The number of nitrogens with zero attached hydrogens (tertiary/aromatic N) is 4. The predicted octanol–water partition coefficient (Wildman–Crippen LogP) is 0.300. The van der Waals surface area contributed by atoms with E-state index in [4.69, 9.17) is 4.74 Å². The van der Waals surface area contributed by atoms with Crippen LogP contribution in [0.2, 0.25) is 0 Å². The van der Waals surface area contributed by atoms with Gasteiger partial charge in [-0.2, -0.15) is 5.10 Å². The molecule has 6 heteroatoms. The van der Waals surface area contributed by atoms with Gasteiger partial charge in [-0.25, -0.2) is 9.97 Å². The van der Waals surface area contributed by atoms with Crippen LogP contribution in [0.15, 0.2) is 24.8 Å². The Morgan fingerprint density at radius 2 is 2.31 bits per heavy atom. The Bertz CT molecular complexity index is 469. The average molecular weight is 220 g/mol. The molecule has 0 amide bonds. The molecule has 0 aliphatic rings. The maximum atomic E-state index is 10.1. The summed E-state index contributed by atoms with van der Waals surface area (Å²) in [5.74, 6) is 0.536. The molecule has 0 aromatic carbocycles. The molecular formula is C10H12N4O2. The summed E-state index contributed by atoms with van der Waals surface area (Å²) in [7, 11) is 3.27. The number of aromatic nitrogens is 4. The van der Waals surface area contributed by atoms with E-state index in [0.29, 0.717) is 17.1 Å². The van der Waals surface area contributed by atoms with Gasteiger partial charge in [0.05, 0.1) is 19.0 Å². The quantitative estimate of drug-likeness (QED) is 0.805. The lowest BCUT2D eigenvalue weighted by molar-refractivity contribution is 0.199. The third kappa shape index (κ3) is 1.74. The van der Waals surface area contributed by atoms with Gasteiger partial charge in [0.2, 0.25) is 0 Å². The lowest BCUT2D eigenvalue weighted by Gasteiger charge is -2.11. The van der Waals surface area contributed by atoms with Crippen LogP contribution in [-0.2, 0) is 7.05 Å². The van der Waals surface area contributed by atoms with Gasteiger partial charge in [0.1, 0.15) is 18.1 Å². The molecule has 0 bridgehead atoms. The normalized spacial score (nSPS) is 12.4. The van der Waals surface area contributed by atoms with Crippen LogP contribution in [0.4, 0.5) is 0 Å². The lowest BCUT2D eigenvalue weighted by atomic mass is 10.1. The highest BCUT2D eigenvalue weighted by atomic mass is 16.5. The molecule has 0 fully saturated rings. The molecule has 0 saturated heterocycles. The van der Waals surface area contributed by atoms with Crippen molar-refractivity contribution in [1.29, 1.82) is 0 Å². The molecule has 2 aromatic rings. The number of methoxy groups -OCH3 is 1. The zero-order valence-electron chi connectivity index (χ0n) is 9.03. The number of ether oxygens (including phenoxy) is 1. The van der Waals surface area contributed by atoms with E-state index >= 15 is 0 Å². The Hall–Kier alpha value is -1.95. The fraction of sp³-hybridized carbons (Fsp3) is 0.300. The van der Waals surface area contributed by atoms with Crippen LogP contribution in [0.25, 0.3) is 0 Å². The molecule has 0 aliphatic carbocycles. The van der Waals surface area contributed by atoms with E-state index in [9.17, 15) is 5.11 Å². The molecule has 2 rings (SSSR count). The van der Waals surface area contributed by atoms with Crippen molar-refractivity contribution < 1.29 is 9.84 Å². The second-order valence-electron chi connectivity index (χ2n) is 3.26. The van der Waals surface area contributed by atoms with Gasteiger partial charge in [-0.3, -0.25) is 4.68 Å². The SMILES string of the molecule is COc1cnn(C)c1C(O)c1ccncn1. The highest BCUT2D eigenvalue weighted by Gasteiger charge is 2.20. The molecule has 1 unspecified atom stereocenters. The van der Waals surface area contributed by atoms with Crippen LogP contribution in [0.5, 0.6) is 5.75 Å². The number of aliphatic hydroxyl groups excluding tert-OH is 1. The minimum atomic E-state index is -0.870. The second kappa shape index (κ2) is 4.28. The summed E-state index contributed by atoms with van der Waals surface area (Å²) in [4.78, 5) is 7.79. The van der Waals surface area contributed by atoms with Gasteiger partial charge in [0.25, 0.3) is 0 Å². The number of aryl methyl sites for hydroxylation is 1. The second-order valence-corrected chi connectivity index (χ2v) is 3.26. The lowest BCUT2D eigenvalue weighted by Crippen LogP contribution is -2.09. The van der Waals surface area contributed by atoms with Gasteiger partial charge in [-0.1, -0.05) is 0 Å². The fourth-order valence-electron chi connectivity index (χ4n) is 1.50. The smallest absolute Gasteiger partial charge is 0.163 e. The van der Waals surface area contributed by atoms with Crippen LogP contribution in [-0.4, -0.2) is 32.0 Å². The van der Waals surface area contributed by atoms with E-state index < -0.39 is 6.10 Å². The van der Waals surface area contributed by atoms with E-state index in [0.717, 1.165) is 0 Å². The number of aliphatic hydroxyl groups is 1. The molecule has 1 N–H and O–H groups in total. The Morgan fingerprint density at radius 1 is 1.50 bits per heavy atom. The minimum absolute atomic E-state index is 0.511. The fourth-order valence-corrected chi connectivity index (χ4v) is 1.50. The van der Waals surface area contributed by atoms with Crippen LogP contribution in [0.1, 0.15) is 17.5 Å². The van der Waals surface area contributed by atoms with Gasteiger partial charge in [-0.05, 0) is 6.07 Å². The number of hydrogen-bond acceptors (Lipinski definition) is 5. The van der Waals surface area contributed by atoms with Crippen molar-refractivity contribution >= 4 is 0 Å². The third-order valence-corrected chi connectivity index (χ3v) is 2.31. The molecule has 1 atom stereocenters. The molecule has 16 heavy (non-hydrogen) atoms. The molecule has 84 valence electrons. The standard InChI is InChI=1S/C10H12N4O2/c1-14-9(8(16-2)5-13-14)10(15)7-3-4-11-6-12-7/h3-6,10,15H,1-2H3. The number of rotatable bonds is 3. The Kier molecular flexibility index (Phi) is 2.82. The summed E-state index contributed by atoms with van der Waals surface area (Å²) in [5, 5.41) is 14.2. The van der Waals surface area contributed by atoms with Gasteiger partial charge in [0.15, 0.2) is 5.75 Å². The van der Waals surface area contributed by atoms with Crippen molar-refractivity contribution in [2.45, 2.75) is 6.10 Å². The third-order valence-electron chi connectivity index (χ3n) is 2.31.